The molecule has 4 atom stereocenters. The number of carbonyl (C=O) groups excluding carboxylic acids is 3. The highest BCUT2D eigenvalue weighted by molar-refractivity contribution is 6.10. The summed E-state index contributed by atoms with van der Waals surface area (Å²) in [4.78, 5) is 42.1. The molecule has 8 nitrogen and oxygen atoms in total. The molecule has 2 amide bonds. The summed E-state index contributed by atoms with van der Waals surface area (Å²) in [5.41, 5.74) is 2.72. The molecular weight excluding hydrogens is 592 g/mol. The van der Waals surface area contributed by atoms with Crippen molar-refractivity contribution in [2.75, 3.05) is 23.8 Å². The fraction of sp³-hybridized carbons (Fsp3) is 0.308. The fourth-order valence-corrected chi connectivity index (χ4v) is 6.38. The van der Waals surface area contributed by atoms with Crippen molar-refractivity contribution < 1.29 is 29.0 Å². The number of aliphatic hydroxyl groups is 1. The zero-order chi connectivity index (χ0) is 33.6. The maximum atomic E-state index is 14.2. The van der Waals surface area contributed by atoms with Crippen LogP contribution in [0.25, 0.3) is 0 Å². The zero-order valence-electron chi connectivity index (χ0n) is 27.3. The Labute approximate surface area is 276 Å². The van der Waals surface area contributed by atoms with Gasteiger partial charge in [0.15, 0.2) is 11.5 Å². The Hall–Kier alpha value is -4.95. The molecule has 0 radical (unpaired) electrons. The van der Waals surface area contributed by atoms with Crippen molar-refractivity contribution in [3.8, 4) is 11.5 Å². The SMILES string of the molecule is CCOc1cc(C2C(C(=O)Nc3ccccc3C)C(=O)CC(C)(O)C2C(=O)Nc2ccccc2C)ccc1OCCc1ccccc1. The highest BCUT2D eigenvalue weighted by atomic mass is 16.5. The summed E-state index contributed by atoms with van der Waals surface area (Å²) in [6, 6.07) is 29.8. The minimum atomic E-state index is -1.75. The molecule has 8 heteroatoms. The number of aryl methyl sites for hydroxylation is 2. The first-order chi connectivity index (χ1) is 22.6. The van der Waals surface area contributed by atoms with Gasteiger partial charge in [-0.3, -0.25) is 14.4 Å². The van der Waals surface area contributed by atoms with Gasteiger partial charge in [-0.05, 0) is 74.2 Å². The maximum Gasteiger partial charge on any atom is 0.235 e. The molecule has 0 bridgehead atoms. The molecule has 1 saturated carbocycles. The van der Waals surface area contributed by atoms with Gasteiger partial charge in [0.05, 0.1) is 24.7 Å². The molecule has 1 fully saturated rings. The Kier molecular flexibility index (Phi) is 10.4. The highest BCUT2D eigenvalue weighted by Crippen LogP contribution is 2.48. The van der Waals surface area contributed by atoms with Crippen LogP contribution in [0.3, 0.4) is 0 Å². The number of benzene rings is 4. The van der Waals surface area contributed by atoms with Gasteiger partial charge >= 0.3 is 0 Å². The Morgan fingerprint density at radius 2 is 1.40 bits per heavy atom. The average Bonchev–Trinajstić information content (AvgIpc) is 3.03. The number of hydrogen-bond acceptors (Lipinski definition) is 6. The minimum Gasteiger partial charge on any atom is -0.490 e. The smallest absolute Gasteiger partial charge is 0.235 e. The summed E-state index contributed by atoms with van der Waals surface area (Å²) in [6.45, 7) is 7.83. The normalized spacial score (nSPS) is 20.7. The molecule has 0 spiro atoms. The summed E-state index contributed by atoms with van der Waals surface area (Å²) in [5, 5.41) is 17.7. The summed E-state index contributed by atoms with van der Waals surface area (Å²) in [7, 11) is 0. The summed E-state index contributed by atoms with van der Waals surface area (Å²) < 4.78 is 12.1. The third kappa shape index (κ3) is 7.72. The van der Waals surface area contributed by atoms with E-state index in [1.165, 1.54) is 6.92 Å². The number of rotatable bonds is 11. The number of nitrogens with one attached hydrogen (secondary N) is 2. The monoisotopic (exact) mass is 634 g/mol. The zero-order valence-corrected chi connectivity index (χ0v) is 27.3. The van der Waals surface area contributed by atoms with Crippen LogP contribution in [0, 0.1) is 25.7 Å². The highest BCUT2D eigenvalue weighted by Gasteiger charge is 2.56. The van der Waals surface area contributed by atoms with Crippen LogP contribution in [0.1, 0.15) is 48.4 Å². The van der Waals surface area contributed by atoms with Crippen LogP contribution in [0.4, 0.5) is 11.4 Å². The van der Waals surface area contributed by atoms with Gasteiger partial charge in [0, 0.05) is 30.1 Å². The van der Waals surface area contributed by atoms with Crippen molar-refractivity contribution in [1.82, 2.24) is 0 Å². The van der Waals surface area contributed by atoms with E-state index in [-0.39, 0.29) is 6.42 Å². The van der Waals surface area contributed by atoms with Crippen LogP contribution in [0.5, 0.6) is 11.5 Å². The van der Waals surface area contributed by atoms with Crippen LogP contribution < -0.4 is 20.1 Å². The first-order valence-electron chi connectivity index (χ1n) is 16.0. The lowest BCUT2D eigenvalue weighted by Crippen LogP contribution is -2.56. The second kappa shape index (κ2) is 14.6. The van der Waals surface area contributed by atoms with Gasteiger partial charge in [-0.25, -0.2) is 0 Å². The molecular formula is C39H42N2O6. The van der Waals surface area contributed by atoms with E-state index in [1.807, 2.05) is 81.4 Å². The number of carbonyl (C=O) groups is 3. The van der Waals surface area contributed by atoms with Crippen LogP contribution in [-0.4, -0.2) is 41.5 Å². The molecule has 1 aliphatic rings. The lowest BCUT2D eigenvalue weighted by atomic mass is 9.61. The van der Waals surface area contributed by atoms with E-state index in [4.69, 9.17) is 9.47 Å². The molecule has 47 heavy (non-hydrogen) atoms. The van der Waals surface area contributed by atoms with Crippen LogP contribution in [-0.2, 0) is 20.8 Å². The van der Waals surface area contributed by atoms with Crippen LogP contribution in [0.2, 0.25) is 0 Å². The van der Waals surface area contributed by atoms with Gasteiger partial charge < -0.3 is 25.2 Å². The molecule has 5 rings (SSSR count). The standard InChI is InChI=1S/C39H42N2O6/c1-5-46-33-23-28(19-20-32(33)47-22-21-27-15-7-6-8-16-27)34-35(37(43)40-29-17-11-9-13-25(29)2)31(42)24-39(4,45)36(34)38(44)41-30-18-12-10-14-26(30)3/h6-20,23,34-36,45H,5,21-22,24H2,1-4H3,(H,40,43)(H,41,44). The molecule has 0 saturated heterocycles. The van der Waals surface area contributed by atoms with Crippen LogP contribution >= 0.6 is 0 Å². The molecule has 0 aromatic heterocycles. The number of amides is 2. The van der Waals surface area contributed by atoms with Gasteiger partial charge in [0.25, 0.3) is 0 Å². The van der Waals surface area contributed by atoms with Gasteiger partial charge in [-0.2, -0.15) is 0 Å². The maximum absolute atomic E-state index is 14.2. The van der Waals surface area contributed by atoms with Crippen molar-refractivity contribution in [1.29, 1.82) is 0 Å². The molecule has 4 aromatic rings. The number of anilines is 2. The van der Waals surface area contributed by atoms with E-state index >= 15 is 0 Å². The third-order valence-corrected chi connectivity index (χ3v) is 8.78. The van der Waals surface area contributed by atoms with Crippen molar-refractivity contribution >= 4 is 29.0 Å². The van der Waals surface area contributed by atoms with E-state index in [9.17, 15) is 19.5 Å². The number of ether oxygens (including phenoxy) is 2. The Morgan fingerprint density at radius 1 is 0.809 bits per heavy atom. The predicted molar refractivity (Wildman–Crippen MR) is 183 cm³/mol. The fourth-order valence-electron chi connectivity index (χ4n) is 6.38. The summed E-state index contributed by atoms with van der Waals surface area (Å²) >= 11 is 0. The van der Waals surface area contributed by atoms with E-state index in [1.54, 1.807) is 36.4 Å². The quantitative estimate of drug-likeness (QED) is 0.160. The third-order valence-electron chi connectivity index (χ3n) is 8.78. The van der Waals surface area contributed by atoms with Crippen LogP contribution in [0.15, 0.2) is 97.1 Å². The first kappa shape index (κ1) is 33.4. The Bertz CT molecular complexity index is 1730. The topological polar surface area (TPSA) is 114 Å². The van der Waals surface area contributed by atoms with Gasteiger partial charge in [-0.15, -0.1) is 0 Å². The summed E-state index contributed by atoms with van der Waals surface area (Å²) in [6.07, 6.45) is 0.330. The molecule has 4 unspecified atom stereocenters. The average molecular weight is 635 g/mol. The second-order valence-corrected chi connectivity index (χ2v) is 12.3. The van der Waals surface area contributed by atoms with Gasteiger partial charge in [-0.1, -0.05) is 72.8 Å². The Balaban J connectivity index is 1.55. The molecule has 4 aromatic carbocycles. The van der Waals surface area contributed by atoms with Crippen molar-refractivity contribution in [2.24, 2.45) is 11.8 Å². The number of ketones is 1. The van der Waals surface area contributed by atoms with E-state index in [0.717, 1.165) is 16.7 Å². The Morgan fingerprint density at radius 3 is 2.02 bits per heavy atom. The molecule has 3 N–H and O–H groups in total. The minimum absolute atomic E-state index is 0.341. The number of hydrogen-bond donors (Lipinski definition) is 3. The van der Waals surface area contributed by atoms with Gasteiger partial charge in [0.1, 0.15) is 11.7 Å². The number of Topliss-reactive ketones (excluding diaryl/α,β-unsaturated/α-hetero) is 1. The lowest BCUT2D eigenvalue weighted by molar-refractivity contribution is -0.150. The lowest BCUT2D eigenvalue weighted by Gasteiger charge is -2.44. The van der Waals surface area contributed by atoms with E-state index < -0.39 is 41.0 Å². The summed E-state index contributed by atoms with van der Waals surface area (Å²) in [5.74, 6) is -4.00. The predicted octanol–water partition coefficient (Wildman–Crippen LogP) is 6.64. The van der Waals surface area contributed by atoms with Crippen molar-refractivity contribution in [2.45, 2.75) is 52.1 Å². The van der Waals surface area contributed by atoms with E-state index in [2.05, 4.69) is 10.6 Å². The largest absolute Gasteiger partial charge is 0.490 e. The van der Waals surface area contributed by atoms with Crippen molar-refractivity contribution in [3.63, 3.8) is 0 Å². The van der Waals surface area contributed by atoms with Crippen molar-refractivity contribution in [3.05, 3.63) is 119 Å². The molecule has 0 heterocycles. The molecule has 0 aliphatic heterocycles. The van der Waals surface area contributed by atoms with E-state index in [0.29, 0.717) is 48.1 Å². The van der Waals surface area contributed by atoms with Gasteiger partial charge in [0.2, 0.25) is 11.8 Å². The number of para-hydroxylation sites is 2. The molecule has 1 aliphatic carbocycles. The second-order valence-electron chi connectivity index (χ2n) is 12.3. The molecule has 244 valence electrons. The first-order valence-corrected chi connectivity index (χ1v) is 16.0.